The van der Waals surface area contributed by atoms with Gasteiger partial charge in [-0.1, -0.05) is 12.1 Å². The zero-order valence-electron chi connectivity index (χ0n) is 15.5. The van der Waals surface area contributed by atoms with Crippen LogP contribution in [0.15, 0.2) is 36.4 Å². The lowest BCUT2D eigenvalue weighted by Crippen LogP contribution is -3.12. The second-order valence-electron chi connectivity index (χ2n) is 6.58. The Hall–Kier alpha value is -2.91. The van der Waals surface area contributed by atoms with Crippen LogP contribution in [-0.2, 0) is 20.8 Å². The van der Waals surface area contributed by atoms with Crippen molar-refractivity contribution in [3.05, 3.63) is 65.0 Å². The van der Waals surface area contributed by atoms with Crippen molar-refractivity contribution in [2.24, 2.45) is 0 Å². The predicted octanol–water partition coefficient (Wildman–Crippen LogP) is 1.31. The minimum Gasteiger partial charge on any atom is -0.452 e. The third-order valence-corrected chi connectivity index (χ3v) is 4.49. The number of ether oxygens (including phenoxy) is 2. The maximum atomic E-state index is 13.5. The van der Waals surface area contributed by atoms with Crippen LogP contribution >= 0.6 is 0 Å². The van der Waals surface area contributed by atoms with Gasteiger partial charge in [0.05, 0.1) is 24.5 Å². The summed E-state index contributed by atoms with van der Waals surface area (Å²) in [5.74, 6) is -6.20. The van der Waals surface area contributed by atoms with E-state index in [4.69, 9.17) is 9.47 Å². The van der Waals surface area contributed by atoms with Crippen molar-refractivity contribution in [1.82, 2.24) is 0 Å². The molecule has 0 unspecified atom stereocenters. The summed E-state index contributed by atoms with van der Waals surface area (Å²) >= 11 is 0. The smallest absolute Gasteiger partial charge is 0.338 e. The van der Waals surface area contributed by atoms with Crippen LogP contribution < -0.4 is 10.2 Å². The Kier molecular flexibility index (Phi) is 6.84. The molecule has 29 heavy (non-hydrogen) atoms. The Morgan fingerprint density at radius 3 is 2.38 bits per heavy atom. The largest absolute Gasteiger partial charge is 0.452 e. The van der Waals surface area contributed by atoms with E-state index in [1.165, 1.54) is 4.90 Å². The fourth-order valence-corrected chi connectivity index (χ4v) is 2.91. The second-order valence-corrected chi connectivity index (χ2v) is 6.58. The van der Waals surface area contributed by atoms with Crippen molar-refractivity contribution in [1.29, 1.82) is 0 Å². The highest BCUT2D eigenvalue weighted by atomic mass is 19.2. The molecule has 6 nitrogen and oxygen atoms in total. The number of anilines is 1. The zero-order valence-corrected chi connectivity index (χ0v) is 15.5. The molecule has 0 aromatic heterocycles. The fourth-order valence-electron chi connectivity index (χ4n) is 2.91. The molecule has 9 heteroatoms. The molecule has 2 N–H and O–H groups in total. The molecule has 0 spiro atoms. The van der Waals surface area contributed by atoms with Crippen molar-refractivity contribution >= 4 is 17.6 Å². The Labute approximate surface area is 165 Å². The summed E-state index contributed by atoms with van der Waals surface area (Å²) in [6.07, 6.45) is 0. The van der Waals surface area contributed by atoms with Gasteiger partial charge in [-0.25, -0.2) is 18.0 Å². The van der Waals surface area contributed by atoms with Gasteiger partial charge in [-0.15, -0.1) is 0 Å². The summed E-state index contributed by atoms with van der Waals surface area (Å²) in [7, 11) is 0. The molecule has 0 aliphatic carbocycles. The first-order chi connectivity index (χ1) is 13.9. The predicted molar refractivity (Wildman–Crippen MR) is 96.9 cm³/mol. The second kappa shape index (κ2) is 9.53. The summed E-state index contributed by atoms with van der Waals surface area (Å²) in [4.78, 5) is 25.2. The molecule has 0 radical (unpaired) electrons. The van der Waals surface area contributed by atoms with Gasteiger partial charge in [-0.3, -0.25) is 4.79 Å². The number of carbonyl (C=O) groups excluding carboxylic acids is 2. The van der Waals surface area contributed by atoms with E-state index < -0.39 is 41.6 Å². The van der Waals surface area contributed by atoms with Gasteiger partial charge in [0.15, 0.2) is 24.1 Å². The highest BCUT2D eigenvalue weighted by Gasteiger charge is 2.17. The van der Waals surface area contributed by atoms with Gasteiger partial charge in [0.2, 0.25) is 0 Å². The van der Waals surface area contributed by atoms with E-state index in [1.807, 2.05) is 17.4 Å². The number of rotatable bonds is 6. The van der Waals surface area contributed by atoms with Crippen LogP contribution in [0, 0.1) is 17.5 Å². The minimum atomic E-state index is -1.70. The monoisotopic (exact) mass is 409 g/mol. The van der Waals surface area contributed by atoms with Crippen LogP contribution in [0.25, 0.3) is 0 Å². The quantitative estimate of drug-likeness (QED) is 0.558. The van der Waals surface area contributed by atoms with E-state index >= 15 is 0 Å². The molecule has 1 heterocycles. The first-order valence-electron chi connectivity index (χ1n) is 9.05. The molecule has 0 atom stereocenters. The summed E-state index contributed by atoms with van der Waals surface area (Å²) in [6, 6.07) is 8.39. The maximum absolute atomic E-state index is 13.5. The molecule has 2 aromatic rings. The first kappa shape index (κ1) is 20.8. The van der Waals surface area contributed by atoms with E-state index in [0.29, 0.717) is 6.07 Å². The molecule has 1 saturated heterocycles. The van der Waals surface area contributed by atoms with Crippen LogP contribution in [0.1, 0.15) is 15.9 Å². The average Bonchev–Trinajstić information content (AvgIpc) is 2.74. The number of quaternary nitrogens is 1. The van der Waals surface area contributed by atoms with Crippen LogP contribution in [0.3, 0.4) is 0 Å². The molecule has 0 bridgehead atoms. The fraction of sp³-hybridized carbons (Fsp3) is 0.300. The third-order valence-electron chi connectivity index (χ3n) is 4.49. The van der Waals surface area contributed by atoms with Gasteiger partial charge in [-0.2, -0.15) is 0 Å². The molecule has 1 fully saturated rings. The normalized spacial score (nSPS) is 14.4. The highest BCUT2D eigenvalue weighted by Crippen LogP contribution is 2.19. The van der Waals surface area contributed by atoms with Crippen molar-refractivity contribution < 1.29 is 37.1 Å². The third kappa shape index (κ3) is 5.55. The van der Waals surface area contributed by atoms with Gasteiger partial charge in [-0.05, 0) is 24.3 Å². The van der Waals surface area contributed by atoms with E-state index in [1.54, 1.807) is 12.1 Å². The van der Waals surface area contributed by atoms with Gasteiger partial charge in [0.25, 0.3) is 5.91 Å². The van der Waals surface area contributed by atoms with Crippen LogP contribution in [0.2, 0.25) is 0 Å². The number of amides is 1. The van der Waals surface area contributed by atoms with Crippen molar-refractivity contribution in [2.75, 3.05) is 38.2 Å². The Balaban J connectivity index is 1.49. The van der Waals surface area contributed by atoms with Crippen LogP contribution in [0.5, 0.6) is 0 Å². The summed E-state index contributed by atoms with van der Waals surface area (Å²) in [5.41, 5.74) is 0.780. The number of morpholine rings is 1. The molecular formula is C20H20F3N2O4+. The standard InChI is InChI=1S/C20H19F3N2O4/c21-15-5-6-16(19(23)18(15)22)24-17(26)12-29-20(27)14-3-1-13(2-4-14)11-25-7-9-28-10-8-25/h1-6H,7-12H2,(H,24,26)/p+1. The first-order valence-corrected chi connectivity index (χ1v) is 9.05. The topological polar surface area (TPSA) is 69.1 Å². The average molecular weight is 409 g/mol. The number of hydrogen-bond acceptors (Lipinski definition) is 4. The van der Waals surface area contributed by atoms with E-state index in [9.17, 15) is 22.8 Å². The highest BCUT2D eigenvalue weighted by molar-refractivity contribution is 5.95. The molecule has 1 aliphatic heterocycles. The SMILES string of the molecule is O=C(COC(=O)c1ccc(C[NH+]2CCOCC2)cc1)Nc1ccc(F)c(F)c1F. The molecule has 2 aromatic carbocycles. The summed E-state index contributed by atoms with van der Waals surface area (Å²) < 4.78 is 49.8. The van der Waals surface area contributed by atoms with E-state index in [-0.39, 0.29) is 5.56 Å². The van der Waals surface area contributed by atoms with Gasteiger partial charge >= 0.3 is 5.97 Å². The lowest BCUT2D eigenvalue weighted by atomic mass is 10.1. The van der Waals surface area contributed by atoms with Crippen molar-refractivity contribution in [2.45, 2.75) is 6.54 Å². The lowest BCUT2D eigenvalue weighted by molar-refractivity contribution is -0.921. The summed E-state index contributed by atoms with van der Waals surface area (Å²) in [6.45, 7) is 3.44. The Bertz CT molecular complexity index is 884. The number of nitrogens with one attached hydrogen (secondary N) is 2. The van der Waals surface area contributed by atoms with Gasteiger partial charge in [0.1, 0.15) is 19.6 Å². The lowest BCUT2D eigenvalue weighted by Gasteiger charge is -2.23. The number of halogens is 3. The Morgan fingerprint density at radius 2 is 1.69 bits per heavy atom. The van der Waals surface area contributed by atoms with E-state index in [2.05, 4.69) is 0 Å². The van der Waals surface area contributed by atoms with Crippen LogP contribution in [0.4, 0.5) is 18.9 Å². The number of carbonyl (C=O) groups is 2. The van der Waals surface area contributed by atoms with Gasteiger partial charge in [0, 0.05) is 5.56 Å². The molecule has 1 aliphatic rings. The van der Waals surface area contributed by atoms with Crippen molar-refractivity contribution in [3.8, 4) is 0 Å². The molecular weight excluding hydrogens is 389 g/mol. The Morgan fingerprint density at radius 1 is 1.00 bits per heavy atom. The maximum Gasteiger partial charge on any atom is 0.338 e. The number of hydrogen-bond donors (Lipinski definition) is 2. The van der Waals surface area contributed by atoms with Gasteiger partial charge < -0.3 is 19.7 Å². The minimum absolute atomic E-state index is 0.262. The number of esters is 1. The molecule has 3 rings (SSSR count). The summed E-state index contributed by atoms with van der Waals surface area (Å²) in [5, 5.41) is 2.03. The van der Waals surface area contributed by atoms with E-state index in [0.717, 1.165) is 44.5 Å². The van der Waals surface area contributed by atoms with Crippen molar-refractivity contribution in [3.63, 3.8) is 0 Å². The molecule has 154 valence electrons. The number of benzene rings is 2. The van der Waals surface area contributed by atoms with Crippen LogP contribution in [-0.4, -0.2) is 44.8 Å². The molecule has 0 saturated carbocycles. The molecule has 1 amide bonds. The zero-order chi connectivity index (χ0) is 20.8.